The molecule has 4 heteroatoms. The molecule has 0 radical (unpaired) electrons. The lowest BCUT2D eigenvalue weighted by Gasteiger charge is -2.16. The molecule has 1 fully saturated rings. The Bertz CT molecular complexity index is 598. The number of hydrogen-bond acceptors (Lipinski definition) is 3. The van der Waals surface area contributed by atoms with E-state index < -0.39 is 0 Å². The van der Waals surface area contributed by atoms with Gasteiger partial charge in [0.1, 0.15) is 6.61 Å². The van der Waals surface area contributed by atoms with E-state index in [0.717, 1.165) is 23.6 Å². The number of ether oxygens (including phenoxy) is 2. The van der Waals surface area contributed by atoms with E-state index in [2.05, 4.69) is 29.6 Å². The van der Waals surface area contributed by atoms with Crippen LogP contribution in [0.5, 0.6) is 11.5 Å². The van der Waals surface area contributed by atoms with Crippen molar-refractivity contribution in [2.75, 3.05) is 13.2 Å². The van der Waals surface area contributed by atoms with Crippen LogP contribution in [0.15, 0.2) is 48.5 Å². The number of hydrogen-bond donors (Lipinski definition) is 1. The predicted molar refractivity (Wildman–Crippen MR) is 95.6 cm³/mol. The predicted octanol–water partition coefficient (Wildman–Crippen LogP) is 4.51. The molecule has 1 heterocycles. The highest BCUT2D eigenvalue weighted by molar-refractivity contribution is 5.85. The molecule has 2 aromatic rings. The molecule has 1 aliphatic heterocycles. The maximum absolute atomic E-state index is 5.95. The number of rotatable bonds is 6. The van der Waals surface area contributed by atoms with Gasteiger partial charge in [-0.2, -0.15) is 0 Å². The first-order chi connectivity index (χ1) is 10.9. The van der Waals surface area contributed by atoms with E-state index in [4.69, 9.17) is 9.47 Å². The average molecular weight is 334 g/mol. The lowest BCUT2D eigenvalue weighted by Crippen LogP contribution is -2.13. The first kappa shape index (κ1) is 17.6. The van der Waals surface area contributed by atoms with Crippen LogP contribution in [0.25, 0.3) is 0 Å². The molecule has 124 valence electrons. The van der Waals surface area contributed by atoms with E-state index in [-0.39, 0.29) is 12.4 Å². The zero-order valence-electron chi connectivity index (χ0n) is 13.5. The van der Waals surface area contributed by atoms with Gasteiger partial charge in [0.2, 0.25) is 0 Å². The molecular weight excluding hydrogens is 310 g/mol. The van der Waals surface area contributed by atoms with Gasteiger partial charge in [0.25, 0.3) is 0 Å². The molecule has 0 saturated carbocycles. The zero-order valence-corrected chi connectivity index (χ0v) is 14.3. The van der Waals surface area contributed by atoms with Crippen molar-refractivity contribution in [3.63, 3.8) is 0 Å². The molecule has 1 aliphatic rings. The Kier molecular flexibility index (Phi) is 6.75. The molecule has 0 aliphatic carbocycles. The van der Waals surface area contributed by atoms with Crippen LogP contribution in [-0.2, 0) is 6.61 Å². The zero-order chi connectivity index (χ0) is 15.2. The average Bonchev–Trinajstić information content (AvgIpc) is 3.09. The van der Waals surface area contributed by atoms with Gasteiger partial charge in [0.15, 0.2) is 11.5 Å². The maximum atomic E-state index is 5.95. The summed E-state index contributed by atoms with van der Waals surface area (Å²) in [6.45, 7) is 4.30. The topological polar surface area (TPSA) is 30.5 Å². The van der Waals surface area contributed by atoms with Gasteiger partial charge in [0.05, 0.1) is 6.61 Å². The standard InChI is InChI=1S/C19H23NO2.ClH/c1-2-21-19-13-16(17-9-6-12-20-17)10-11-18(19)22-14-15-7-4-3-5-8-15;/h3-5,7-8,10-11,13,17,20H,2,6,9,12,14H2,1H3;1H/t17-;/m1./s1. The van der Waals surface area contributed by atoms with Gasteiger partial charge in [-0.1, -0.05) is 36.4 Å². The molecule has 1 N–H and O–H groups in total. The Balaban J connectivity index is 0.00000192. The number of nitrogens with one attached hydrogen (secondary N) is 1. The van der Waals surface area contributed by atoms with E-state index in [1.165, 1.54) is 18.4 Å². The minimum Gasteiger partial charge on any atom is -0.490 e. The number of halogens is 1. The van der Waals surface area contributed by atoms with E-state index in [1.807, 2.05) is 31.2 Å². The molecule has 3 rings (SSSR count). The highest BCUT2D eigenvalue weighted by Crippen LogP contribution is 2.33. The molecular formula is C19H24ClNO2. The molecule has 1 atom stereocenters. The van der Waals surface area contributed by atoms with Crippen LogP contribution in [0.3, 0.4) is 0 Å². The Morgan fingerprint density at radius 2 is 1.87 bits per heavy atom. The fourth-order valence-corrected chi connectivity index (χ4v) is 2.83. The van der Waals surface area contributed by atoms with Crippen molar-refractivity contribution in [1.82, 2.24) is 5.32 Å². The van der Waals surface area contributed by atoms with Gasteiger partial charge in [-0.25, -0.2) is 0 Å². The van der Waals surface area contributed by atoms with Crippen LogP contribution in [0.1, 0.15) is 36.9 Å². The van der Waals surface area contributed by atoms with E-state index >= 15 is 0 Å². The van der Waals surface area contributed by atoms with Crippen molar-refractivity contribution in [3.05, 3.63) is 59.7 Å². The quantitative estimate of drug-likeness (QED) is 0.843. The van der Waals surface area contributed by atoms with Crippen molar-refractivity contribution >= 4 is 12.4 Å². The van der Waals surface area contributed by atoms with Gasteiger partial charge in [-0.3, -0.25) is 0 Å². The lowest BCUT2D eigenvalue weighted by molar-refractivity contribution is 0.269. The molecule has 1 saturated heterocycles. The molecule has 0 spiro atoms. The highest BCUT2D eigenvalue weighted by Gasteiger charge is 2.18. The second-order valence-electron chi connectivity index (χ2n) is 5.56. The van der Waals surface area contributed by atoms with Crippen molar-refractivity contribution in [2.24, 2.45) is 0 Å². The molecule has 0 unspecified atom stereocenters. The van der Waals surface area contributed by atoms with Crippen molar-refractivity contribution < 1.29 is 9.47 Å². The van der Waals surface area contributed by atoms with E-state index in [1.54, 1.807) is 0 Å². The Morgan fingerprint density at radius 3 is 2.57 bits per heavy atom. The van der Waals surface area contributed by atoms with Crippen LogP contribution in [-0.4, -0.2) is 13.2 Å². The summed E-state index contributed by atoms with van der Waals surface area (Å²) in [6.07, 6.45) is 2.43. The lowest BCUT2D eigenvalue weighted by atomic mass is 10.0. The summed E-state index contributed by atoms with van der Waals surface area (Å²) in [4.78, 5) is 0. The number of benzene rings is 2. The third-order valence-corrected chi connectivity index (χ3v) is 3.97. The van der Waals surface area contributed by atoms with E-state index in [0.29, 0.717) is 19.3 Å². The SMILES string of the molecule is CCOc1cc([C@H]2CCCN2)ccc1OCc1ccccc1.Cl. The monoisotopic (exact) mass is 333 g/mol. The van der Waals surface area contributed by atoms with Gasteiger partial charge in [0, 0.05) is 6.04 Å². The van der Waals surface area contributed by atoms with Crippen LogP contribution in [0.4, 0.5) is 0 Å². The van der Waals surface area contributed by atoms with E-state index in [9.17, 15) is 0 Å². The molecule has 2 aromatic carbocycles. The van der Waals surface area contributed by atoms with Gasteiger partial charge in [-0.05, 0) is 49.6 Å². The fraction of sp³-hybridized carbons (Fsp3) is 0.368. The van der Waals surface area contributed by atoms with Gasteiger partial charge >= 0.3 is 0 Å². The Hall–Kier alpha value is -1.71. The minimum absolute atomic E-state index is 0. The largest absolute Gasteiger partial charge is 0.490 e. The van der Waals surface area contributed by atoms with Crippen LogP contribution < -0.4 is 14.8 Å². The summed E-state index contributed by atoms with van der Waals surface area (Å²) in [7, 11) is 0. The van der Waals surface area contributed by atoms with Crippen molar-refractivity contribution in [2.45, 2.75) is 32.4 Å². The molecule has 23 heavy (non-hydrogen) atoms. The second kappa shape index (κ2) is 8.80. The Labute approximate surface area is 144 Å². The third-order valence-electron chi connectivity index (χ3n) is 3.97. The summed E-state index contributed by atoms with van der Waals surface area (Å²) in [6, 6.07) is 16.9. The van der Waals surface area contributed by atoms with Crippen LogP contribution in [0, 0.1) is 0 Å². The van der Waals surface area contributed by atoms with Gasteiger partial charge in [-0.15, -0.1) is 12.4 Å². The van der Waals surface area contributed by atoms with Gasteiger partial charge < -0.3 is 14.8 Å². The first-order valence-corrected chi connectivity index (χ1v) is 8.03. The smallest absolute Gasteiger partial charge is 0.161 e. The summed E-state index contributed by atoms with van der Waals surface area (Å²) in [5, 5.41) is 3.52. The second-order valence-corrected chi connectivity index (χ2v) is 5.56. The third kappa shape index (κ3) is 4.63. The van der Waals surface area contributed by atoms with Crippen molar-refractivity contribution in [3.8, 4) is 11.5 Å². The molecule has 0 aromatic heterocycles. The summed E-state index contributed by atoms with van der Waals surface area (Å²) in [5.41, 5.74) is 2.44. The summed E-state index contributed by atoms with van der Waals surface area (Å²) < 4.78 is 11.7. The normalized spacial score (nSPS) is 16.7. The van der Waals surface area contributed by atoms with Crippen LogP contribution in [0.2, 0.25) is 0 Å². The highest BCUT2D eigenvalue weighted by atomic mass is 35.5. The maximum Gasteiger partial charge on any atom is 0.161 e. The summed E-state index contributed by atoms with van der Waals surface area (Å²) in [5.74, 6) is 1.65. The van der Waals surface area contributed by atoms with Crippen molar-refractivity contribution in [1.29, 1.82) is 0 Å². The summed E-state index contributed by atoms with van der Waals surface area (Å²) >= 11 is 0. The fourth-order valence-electron chi connectivity index (χ4n) is 2.83. The molecule has 0 bridgehead atoms. The van der Waals surface area contributed by atoms with Crippen LogP contribution >= 0.6 is 12.4 Å². The first-order valence-electron chi connectivity index (χ1n) is 8.03. The molecule has 0 amide bonds. The minimum atomic E-state index is 0. The Morgan fingerprint density at radius 1 is 1.04 bits per heavy atom. The molecule has 3 nitrogen and oxygen atoms in total.